The van der Waals surface area contributed by atoms with Crippen molar-refractivity contribution < 1.29 is 4.42 Å². The van der Waals surface area contributed by atoms with Gasteiger partial charge in [0, 0.05) is 12.7 Å². The number of likely N-dealkylation sites (tertiary alicyclic amines) is 1. The maximum absolute atomic E-state index is 8.81. The molecule has 22 heavy (non-hydrogen) atoms. The van der Waals surface area contributed by atoms with E-state index in [0.29, 0.717) is 5.56 Å². The van der Waals surface area contributed by atoms with E-state index in [2.05, 4.69) is 21.3 Å². The average Bonchev–Trinajstić information content (AvgIpc) is 3.11. The second kappa shape index (κ2) is 7.10. The highest BCUT2D eigenvalue weighted by Gasteiger charge is 2.24. The molecule has 0 bridgehead atoms. The second-order valence-corrected chi connectivity index (χ2v) is 5.55. The van der Waals surface area contributed by atoms with E-state index < -0.39 is 0 Å². The minimum Gasteiger partial charge on any atom is -0.468 e. The van der Waals surface area contributed by atoms with E-state index in [4.69, 9.17) is 9.68 Å². The highest BCUT2D eigenvalue weighted by molar-refractivity contribution is 5.39. The van der Waals surface area contributed by atoms with E-state index in [1.165, 1.54) is 19.3 Å². The molecule has 0 radical (unpaired) electrons. The van der Waals surface area contributed by atoms with Crippen LogP contribution in [-0.2, 0) is 0 Å². The molecule has 2 aromatic heterocycles. The van der Waals surface area contributed by atoms with Crippen molar-refractivity contribution in [1.29, 1.82) is 5.26 Å². The Balaban J connectivity index is 1.68. The number of nitrogens with zero attached hydrogens (tertiary/aromatic N) is 3. The summed E-state index contributed by atoms with van der Waals surface area (Å²) in [6.45, 7) is 2.95. The Labute approximate surface area is 130 Å². The number of rotatable bonds is 5. The quantitative estimate of drug-likeness (QED) is 0.918. The zero-order valence-corrected chi connectivity index (χ0v) is 12.5. The predicted octanol–water partition coefficient (Wildman–Crippen LogP) is 3.19. The summed E-state index contributed by atoms with van der Waals surface area (Å²) < 4.78 is 5.63. The van der Waals surface area contributed by atoms with Crippen molar-refractivity contribution in [1.82, 2.24) is 9.88 Å². The van der Waals surface area contributed by atoms with Crippen LogP contribution in [0, 0.1) is 11.3 Å². The number of hydrogen-bond acceptors (Lipinski definition) is 5. The zero-order valence-electron chi connectivity index (χ0n) is 12.5. The van der Waals surface area contributed by atoms with Crippen molar-refractivity contribution in [3.05, 3.63) is 48.0 Å². The van der Waals surface area contributed by atoms with Crippen molar-refractivity contribution in [2.45, 2.75) is 25.3 Å². The summed E-state index contributed by atoms with van der Waals surface area (Å²) in [7, 11) is 0. The molecule has 1 atom stereocenters. The number of anilines is 1. The molecule has 0 saturated carbocycles. The lowest BCUT2D eigenvalue weighted by Crippen LogP contribution is -2.37. The van der Waals surface area contributed by atoms with Crippen LogP contribution < -0.4 is 5.32 Å². The summed E-state index contributed by atoms with van der Waals surface area (Å²) in [5, 5.41) is 12.2. The number of aromatic nitrogens is 1. The van der Waals surface area contributed by atoms with E-state index in [1.807, 2.05) is 18.2 Å². The van der Waals surface area contributed by atoms with E-state index in [9.17, 15) is 0 Å². The Morgan fingerprint density at radius 3 is 2.77 bits per heavy atom. The van der Waals surface area contributed by atoms with Crippen molar-refractivity contribution in [2.75, 3.05) is 25.0 Å². The molecule has 5 nitrogen and oxygen atoms in total. The predicted molar refractivity (Wildman–Crippen MR) is 84.3 cm³/mol. The van der Waals surface area contributed by atoms with Gasteiger partial charge in [0.25, 0.3) is 0 Å². The van der Waals surface area contributed by atoms with Crippen molar-refractivity contribution in [3.63, 3.8) is 0 Å². The van der Waals surface area contributed by atoms with Gasteiger partial charge in [0.05, 0.1) is 17.9 Å². The minimum atomic E-state index is 0.216. The lowest BCUT2D eigenvalue weighted by Gasteiger charge is -2.33. The van der Waals surface area contributed by atoms with Gasteiger partial charge in [-0.15, -0.1) is 0 Å². The number of nitriles is 1. The Kier molecular flexibility index (Phi) is 4.71. The Bertz CT molecular complexity index is 609. The van der Waals surface area contributed by atoms with Crippen LogP contribution in [0.1, 0.15) is 36.6 Å². The molecule has 0 amide bonds. The molecular formula is C17H20N4O. The first-order valence-corrected chi connectivity index (χ1v) is 7.74. The highest BCUT2D eigenvalue weighted by Crippen LogP contribution is 2.25. The van der Waals surface area contributed by atoms with E-state index in [1.54, 1.807) is 18.5 Å². The molecule has 1 N–H and O–H groups in total. The molecular weight excluding hydrogens is 276 g/mol. The lowest BCUT2D eigenvalue weighted by molar-refractivity contribution is 0.153. The lowest BCUT2D eigenvalue weighted by atomic mass is 10.1. The molecule has 0 aliphatic carbocycles. The largest absolute Gasteiger partial charge is 0.468 e. The first-order chi connectivity index (χ1) is 10.9. The fraction of sp³-hybridized carbons (Fsp3) is 0.412. The molecule has 0 aromatic carbocycles. The van der Waals surface area contributed by atoms with Gasteiger partial charge in [-0.2, -0.15) is 5.26 Å². The summed E-state index contributed by atoms with van der Waals surface area (Å²) in [6, 6.07) is 9.88. The molecule has 114 valence electrons. The van der Waals surface area contributed by atoms with E-state index in [0.717, 1.165) is 31.2 Å². The molecule has 2 aromatic rings. The van der Waals surface area contributed by atoms with Crippen LogP contribution in [0.25, 0.3) is 0 Å². The third kappa shape index (κ3) is 3.46. The van der Waals surface area contributed by atoms with Crippen LogP contribution >= 0.6 is 0 Å². The topological polar surface area (TPSA) is 65.1 Å². The van der Waals surface area contributed by atoms with Crippen LogP contribution in [0.3, 0.4) is 0 Å². The van der Waals surface area contributed by atoms with Gasteiger partial charge in [0.2, 0.25) is 0 Å². The van der Waals surface area contributed by atoms with Crippen LogP contribution in [-0.4, -0.2) is 29.5 Å². The molecule has 0 unspecified atom stereocenters. The number of hydrogen-bond donors (Lipinski definition) is 1. The first kappa shape index (κ1) is 14.6. The first-order valence-electron chi connectivity index (χ1n) is 7.74. The summed E-state index contributed by atoms with van der Waals surface area (Å²) in [5.74, 6) is 1.77. The third-order valence-corrected chi connectivity index (χ3v) is 4.07. The second-order valence-electron chi connectivity index (χ2n) is 5.55. The molecule has 1 aliphatic rings. The standard InChI is InChI=1S/C17H20N4O/c18-11-14-6-7-17(19-12-14)20-13-15(16-5-4-10-22-16)21-8-2-1-3-9-21/h4-7,10,12,15H,1-3,8-9,13H2,(H,19,20)/t15-/m1/s1. The van der Waals surface area contributed by atoms with Crippen LogP contribution in [0.15, 0.2) is 41.1 Å². The zero-order chi connectivity index (χ0) is 15.2. The highest BCUT2D eigenvalue weighted by atomic mass is 16.3. The fourth-order valence-electron chi connectivity index (χ4n) is 2.89. The van der Waals surface area contributed by atoms with Gasteiger partial charge < -0.3 is 9.73 Å². The molecule has 3 heterocycles. The Hall–Kier alpha value is -2.32. The van der Waals surface area contributed by atoms with Crippen molar-refractivity contribution >= 4 is 5.82 Å². The minimum absolute atomic E-state index is 0.216. The number of pyridine rings is 1. The van der Waals surface area contributed by atoms with Crippen LogP contribution in [0.2, 0.25) is 0 Å². The maximum atomic E-state index is 8.81. The molecule has 0 spiro atoms. The van der Waals surface area contributed by atoms with Gasteiger partial charge in [0.15, 0.2) is 0 Å². The Morgan fingerprint density at radius 2 is 2.14 bits per heavy atom. The maximum Gasteiger partial charge on any atom is 0.126 e. The molecule has 1 fully saturated rings. The van der Waals surface area contributed by atoms with Gasteiger partial charge in [0.1, 0.15) is 17.6 Å². The smallest absolute Gasteiger partial charge is 0.126 e. The Morgan fingerprint density at radius 1 is 1.27 bits per heavy atom. The summed E-state index contributed by atoms with van der Waals surface area (Å²) >= 11 is 0. The SMILES string of the molecule is N#Cc1ccc(NC[C@H](c2ccco2)N2CCCCC2)nc1. The van der Waals surface area contributed by atoms with Gasteiger partial charge in [-0.25, -0.2) is 4.98 Å². The van der Waals surface area contributed by atoms with Gasteiger partial charge in [-0.1, -0.05) is 6.42 Å². The van der Waals surface area contributed by atoms with Crippen molar-refractivity contribution in [2.24, 2.45) is 0 Å². The summed E-state index contributed by atoms with van der Waals surface area (Å²) in [6.07, 6.45) is 7.11. The van der Waals surface area contributed by atoms with E-state index in [-0.39, 0.29) is 6.04 Å². The molecule has 1 aliphatic heterocycles. The summed E-state index contributed by atoms with van der Waals surface area (Å²) in [5.41, 5.74) is 0.573. The summed E-state index contributed by atoms with van der Waals surface area (Å²) in [4.78, 5) is 6.74. The third-order valence-electron chi connectivity index (χ3n) is 4.07. The normalized spacial score (nSPS) is 16.9. The average molecular weight is 296 g/mol. The molecule has 5 heteroatoms. The van der Waals surface area contributed by atoms with Crippen LogP contribution in [0.5, 0.6) is 0 Å². The molecule has 3 rings (SSSR count). The van der Waals surface area contributed by atoms with Crippen LogP contribution in [0.4, 0.5) is 5.82 Å². The van der Waals surface area contributed by atoms with Gasteiger partial charge >= 0.3 is 0 Å². The number of piperidine rings is 1. The van der Waals surface area contributed by atoms with E-state index >= 15 is 0 Å². The number of furan rings is 1. The number of nitrogens with one attached hydrogen (secondary N) is 1. The molecule has 1 saturated heterocycles. The van der Waals surface area contributed by atoms with Gasteiger partial charge in [-0.05, 0) is 50.2 Å². The van der Waals surface area contributed by atoms with Crippen molar-refractivity contribution in [3.8, 4) is 6.07 Å². The monoisotopic (exact) mass is 296 g/mol. The fourth-order valence-corrected chi connectivity index (χ4v) is 2.89. The van der Waals surface area contributed by atoms with Gasteiger partial charge in [-0.3, -0.25) is 4.90 Å².